The average Bonchev–Trinajstić information content (AvgIpc) is 2.78. The van der Waals surface area contributed by atoms with E-state index in [1.165, 1.54) is 30.3 Å². The number of carbonyl (C=O) groups is 2. The molecule has 0 spiro atoms. The van der Waals surface area contributed by atoms with E-state index in [0.29, 0.717) is 5.75 Å². The molecule has 3 aromatic carbocycles. The fourth-order valence-electron chi connectivity index (χ4n) is 2.86. The van der Waals surface area contributed by atoms with Crippen LogP contribution in [0.25, 0.3) is 6.08 Å². The number of aryl methyl sites for hydroxylation is 1. The number of non-ortho nitro benzene ring substituents is 1. The Balaban J connectivity index is 1.84. The van der Waals surface area contributed by atoms with Crippen molar-refractivity contribution in [3.05, 3.63) is 105 Å². The van der Waals surface area contributed by atoms with Crippen molar-refractivity contribution in [2.45, 2.75) is 6.92 Å². The van der Waals surface area contributed by atoms with Gasteiger partial charge in [0.2, 0.25) is 0 Å². The lowest BCUT2D eigenvalue weighted by atomic mass is 10.0. The second-order valence-electron chi connectivity index (χ2n) is 6.63. The van der Waals surface area contributed by atoms with Gasteiger partial charge < -0.3 is 9.47 Å². The van der Waals surface area contributed by atoms with Crippen LogP contribution >= 0.6 is 0 Å². The van der Waals surface area contributed by atoms with Crippen molar-refractivity contribution in [1.29, 1.82) is 0 Å². The molecule has 0 N–H and O–H groups in total. The molecule has 0 saturated carbocycles. The molecule has 3 aromatic rings. The van der Waals surface area contributed by atoms with Crippen molar-refractivity contribution in [1.82, 2.24) is 0 Å². The molecule has 0 amide bonds. The van der Waals surface area contributed by atoms with Gasteiger partial charge in [-0.3, -0.25) is 14.9 Å². The van der Waals surface area contributed by atoms with E-state index < -0.39 is 10.9 Å². The topological polar surface area (TPSA) is 95.7 Å². The molecule has 3 rings (SSSR count). The summed E-state index contributed by atoms with van der Waals surface area (Å²) in [5.41, 5.74) is 1.78. The summed E-state index contributed by atoms with van der Waals surface area (Å²) in [5.74, 6) is -0.341. The first-order valence-corrected chi connectivity index (χ1v) is 9.32. The Morgan fingerprint density at radius 1 is 0.968 bits per heavy atom. The second kappa shape index (κ2) is 9.49. The molecular formula is C24H19NO6. The largest absolute Gasteiger partial charge is 0.496 e. The highest BCUT2D eigenvalue weighted by molar-refractivity contribution is 6.09. The molecule has 0 fully saturated rings. The normalized spacial score (nSPS) is 10.6. The molecule has 31 heavy (non-hydrogen) atoms. The Bertz CT molecular complexity index is 1160. The van der Waals surface area contributed by atoms with Crippen molar-refractivity contribution in [3.63, 3.8) is 0 Å². The van der Waals surface area contributed by atoms with E-state index in [0.717, 1.165) is 11.1 Å². The summed E-state index contributed by atoms with van der Waals surface area (Å²) in [4.78, 5) is 35.5. The zero-order valence-corrected chi connectivity index (χ0v) is 16.9. The number of carbonyl (C=O) groups excluding carboxylic acids is 2. The van der Waals surface area contributed by atoms with Crippen LogP contribution in [0.5, 0.6) is 11.5 Å². The van der Waals surface area contributed by atoms with E-state index in [4.69, 9.17) is 9.47 Å². The minimum atomic E-state index is -0.721. The summed E-state index contributed by atoms with van der Waals surface area (Å²) in [5, 5.41) is 10.8. The molecule has 0 radical (unpaired) electrons. The van der Waals surface area contributed by atoms with Gasteiger partial charge in [-0.15, -0.1) is 0 Å². The number of allylic oxidation sites excluding steroid dienone is 1. The zero-order chi connectivity index (χ0) is 22.4. The first kappa shape index (κ1) is 21.4. The van der Waals surface area contributed by atoms with Gasteiger partial charge in [-0.25, -0.2) is 4.79 Å². The Morgan fingerprint density at radius 3 is 2.35 bits per heavy atom. The molecule has 0 unspecified atom stereocenters. The van der Waals surface area contributed by atoms with Gasteiger partial charge in [0.1, 0.15) is 11.5 Å². The van der Waals surface area contributed by atoms with Crippen molar-refractivity contribution >= 4 is 23.5 Å². The third kappa shape index (κ3) is 5.22. The van der Waals surface area contributed by atoms with Crippen LogP contribution < -0.4 is 9.47 Å². The third-order valence-corrected chi connectivity index (χ3v) is 4.47. The molecule has 0 aliphatic carbocycles. The predicted octanol–water partition coefficient (Wildman–Crippen LogP) is 5.03. The van der Waals surface area contributed by atoms with Crippen molar-refractivity contribution in [2.75, 3.05) is 7.11 Å². The number of hydrogen-bond acceptors (Lipinski definition) is 6. The molecule has 0 bridgehead atoms. The van der Waals surface area contributed by atoms with E-state index in [-0.39, 0.29) is 28.3 Å². The standard InChI is InChI=1S/C24H19NO6/c1-16-7-14-23(31-24(27)18-8-11-19(12-9-18)25(28)29)20(15-16)21(26)13-10-17-5-3-4-6-22(17)30-2/h3-15H,1-2H3. The Hall–Kier alpha value is -4.26. The molecule has 0 aliphatic heterocycles. The number of nitrogens with zero attached hydrogens (tertiary/aromatic N) is 1. The molecule has 7 heteroatoms. The highest BCUT2D eigenvalue weighted by Crippen LogP contribution is 2.24. The van der Waals surface area contributed by atoms with Crippen LogP contribution in [0.2, 0.25) is 0 Å². The highest BCUT2D eigenvalue weighted by Gasteiger charge is 2.16. The number of hydrogen-bond donors (Lipinski definition) is 0. The number of para-hydroxylation sites is 1. The lowest BCUT2D eigenvalue weighted by Crippen LogP contribution is -2.11. The van der Waals surface area contributed by atoms with Crippen molar-refractivity contribution in [2.24, 2.45) is 0 Å². The maximum atomic E-state index is 12.8. The van der Waals surface area contributed by atoms with Crippen LogP contribution in [0.4, 0.5) is 5.69 Å². The van der Waals surface area contributed by atoms with E-state index in [9.17, 15) is 19.7 Å². The molecule has 0 aromatic heterocycles. The summed E-state index contributed by atoms with van der Waals surface area (Å²) in [7, 11) is 1.55. The predicted molar refractivity (Wildman–Crippen MR) is 116 cm³/mol. The Morgan fingerprint density at radius 2 is 1.68 bits per heavy atom. The monoisotopic (exact) mass is 417 g/mol. The number of nitro benzene ring substituents is 1. The molecule has 0 saturated heterocycles. The quantitative estimate of drug-likeness (QED) is 0.134. The number of nitro groups is 1. The maximum absolute atomic E-state index is 12.8. The van der Waals surface area contributed by atoms with Crippen molar-refractivity contribution < 1.29 is 24.0 Å². The number of esters is 1. The second-order valence-corrected chi connectivity index (χ2v) is 6.63. The summed E-state index contributed by atoms with van der Waals surface area (Å²) in [6, 6.07) is 17.2. The summed E-state index contributed by atoms with van der Waals surface area (Å²) >= 11 is 0. The van der Waals surface area contributed by atoms with Gasteiger partial charge >= 0.3 is 5.97 Å². The molecular weight excluding hydrogens is 398 g/mol. The van der Waals surface area contributed by atoms with Gasteiger partial charge in [0.25, 0.3) is 5.69 Å². The number of benzene rings is 3. The fraction of sp³-hybridized carbons (Fsp3) is 0.0833. The third-order valence-electron chi connectivity index (χ3n) is 4.47. The van der Waals surface area contributed by atoms with Crippen LogP contribution in [0.3, 0.4) is 0 Å². The van der Waals surface area contributed by atoms with Crippen LogP contribution in [0.15, 0.2) is 72.8 Å². The molecule has 156 valence electrons. The van der Waals surface area contributed by atoms with Gasteiger partial charge in [0.05, 0.1) is 23.2 Å². The van der Waals surface area contributed by atoms with E-state index in [1.54, 1.807) is 37.5 Å². The van der Waals surface area contributed by atoms with Crippen LogP contribution in [0, 0.1) is 17.0 Å². The zero-order valence-electron chi connectivity index (χ0n) is 16.9. The molecule has 0 heterocycles. The Labute approximate surface area is 178 Å². The fourth-order valence-corrected chi connectivity index (χ4v) is 2.86. The number of methoxy groups -OCH3 is 1. The maximum Gasteiger partial charge on any atom is 0.343 e. The number of ether oxygens (including phenoxy) is 2. The summed E-state index contributed by atoms with van der Waals surface area (Å²) in [6.45, 7) is 1.82. The van der Waals surface area contributed by atoms with E-state index >= 15 is 0 Å². The van der Waals surface area contributed by atoms with Gasteiger partial charge in [-0.2, -0.15) is 0 Å². The first-order chi connectivity index (χ1) is 14.9. The smallest absolute Gasteiger partial charge is 0.343 e. The average molecular weight is 417 g/mol. The van der Waals surface area contributed by atoms with Crippen LogP contribution in [-0.2, 0) is 0 Å². The molecule has 7 nitrogen and oxygen atoms in total. The van der Waals surface area contributed by atoms with Gasteiger partial charge in [-0.1, -0.05) is 29.8 Å². The summed E-state index contributed by atoms with van der Waals surface area (Å²) < 4.78 is 10.7. The minimum absolute atomic E-state index is 0.101. The lowest BCUT2D eigenvalue weighted by molar-refractivity contribution is -0.384. The SMILES string of the molecule is COc1ccccc1C=CC(=O)c1cc(C)ccc1OC(=O)c1ccc([N+](=O)[O-])cc1. The van der Waals surface area contributed by atoms with Crippen molar-refractivity contribution in [3.8, 4) is 11.5 Å². The van der Waals surface area contributed by atoms with Gasteiger partial charge in [0.15, 0.2) is 5.78 Å². The number of ketones is 1. The van der Waals surface area contributed by atoms with Gasteiger partial charge in [-0.05, 0) is 49.4 Å². The Kier molecular flexibility index (Phi) is 6.57. The lowest BCUT2D eigenvalue weighted by Gasteiger charge is -2.09. The van der Waals surface area contributed by atoms with E-state index in [2.05, 4.69) is 0 Å². The van der Waals surface area contributed by atoms with Gasteiger partial charge in [0, 0.05) is 17.7 Å². The number of rotatable bonds is 7. The highest BCUT2D eigenvalue weighted by atomic mass is 16.6. The van der Waals surface area contributed by atoms with Crippen LogP contribution in [-0.4, -0.2) is 23.8 Å². The minimum Gasteiger partial charge on any atom is -0.496 e. The molecule has 0 atom stereocenters. The molecule has 0 aliphatic rings. The van der Waals surface area contributed by atoms with Crippen LogP contribution in [0.1, 0.15) is 31.8 Å². The summed E-state index contributed by atoms with van der Waals surface area (Å²) in [6.07, 6.45) is 3.02. The van der Waals surface area contributed by atoms with E-state index in [1.807, 2.05) is 25.1 Å². The first-order valence-electron chi connectivity index (χ1n) is 9.32.